The minimum atomic E-state index is -0.128. The molecule has 0 saturated carbocycles. The van der Waals surface area contributed by atoms with Gasteiger partial charge in [0.05, 0.1) is 45.2 Å². The highest BCUT2D eigenvalue weighted by Gasteiger charge is 2.16. The maximum absolute atomic E-state index is 5.95. The van der Waals surface area contributed by atoms with Crippen molar-refractivity contribution in [1.29, 1.82) is 0 Å². The number of imidazole rings is 1. The monoisotopic (exact) mass is 277 g/mol. The first-order valence-corrected chi connectivity index (χ1v) is 6.20. The Morgan fingerprint density at radius 2 is 1.70 bits per heavy atom. The molecular weight excluding hydrogens is 258 g/mol. The van der Waals surface area contributed by atoms with Gasteiger partial charge in [0.15, 0.2) is 11.5 Å². The Hall–Kier alpha value is -2.21. The van der Waals surface area contributed by atoms with Gasteiger partial charge in [-0.15, -0.1) is 0 Å². The number of hydrogen-bond acceptors (Lipinski definition) is 5. The highest BCUT2D eigenvalue weighted by molar-refractivity contribution is 5.58. The molecule has 2 N–H and O–H groups in total. The summed E-state index contributed by atoms with van der Waals surface area (Å²) in [5, 5.41) is 0. The van der Waals surface area contributed by atoms with Gasteiger partial charge in [-0.1, -0.05) is 0 Å². The van der Waals surface area contributed by atoms with Crippen LogP contribution in [0.15, 0.2) is 24.7 Å². The van der Waals surface area contributed by atoms with Crippen molar-refractivity contribution in [2.45, 2.75) is 13.0 Å². The second-order valence-corrected chi connectivity index (χ2v) is 4.36. The minimum absolute atomic E-state index is 0.128. The van der Waals surface area contributed by atoms with Crippen LogP contribution in [0.3, 0.4) is 0 Å². The number of rotatable bonds is 5. The van der Waals surface area contributed by atoms with Crippen LogP contribution in [0.5, 0.6) is 17.2 Å². The van der Waals surface area contributed by atoms with Crippen LogP contribution in [-0.4, -0.2) is 30.9 Å². The Kier molecular flexibility index (Phi) is 4.14. The number of hydrogen-bond donors (Lipinski definition) is 1. The fourth-order valence-electron chi connectivity index (χ4n) is 2.06. The van der Waals surface area contributed by atoms with Gasteiger partial charge in [0.1, 0.15) is 0 Å². The van der Waals surface area contributed by atoms with E-state index in [1.165, 1.54) is 0 Å². The Bertz CT molecular complexity index is 568. The highest BCUT2D eigenvalue weighted by atomic mass is 16.5. The van der Waals surface area contributed by atoms with Gasteiger partial charge in [0, 0.05) is 18.2 Å². The molecule has 1 heterocycles. The molecule has 0 saturated heterocycles. The lowest BCUT2D eigenvalue weighted by molar-refractivity contribution is 0.324. The van der Waals surface area contributed by atoms with Crippen molar-refractivity contribution < 1.29 is 14.2 Å². The summed E-state index contributed by atoms with van der Waals surface area (Å²) < 4.78 is 17.9. The number of methoxy groups -OCH3 is 3. The zero-order valence-electron chi connectivity index (χ0n) is 12.1. The van der Waals surface area contributed by atoms with Crippen LogP contribution < -0.4 is 19.9 Å². The topological polar surface area (TPSA) is 71.5 Å². The van der Waals surface area contributed by atoms with E-state index in [0.29, 0.717) is 17.2 Å². The van der Waals surface area contributed by atoms with Crippen LogP contribution in [0.2, 0.25) is 0 Å². The molecule has 2 aromatic rings. The van der Waals surface area contributed by atoms with Crippen molar-refractivity contribution in [3.8, 4) is 22.9 Å². The largest absolute Gasteiger partial charge is 0.493 e. The van der Waals surface area contributed by atoms with Crippen LogP contribution in [0, 0.1) is 0 Å². The molecule has 0 amide bonds. The van der Waals surface area contributed by atoms with E-state index >= 15 is 0 Å². The third-order valence-corrected chi connectivity index (χ3v) is 3.06. The molecule has 1 aromatic carbocycles. The maximum atomic E-state index is 5.95. The summed E-state index contributed by atoms with van der Waals surface area (Å²) in [6.07, 6.45) is 3.45. The molecule has 0 aliphatic heterocycles. The third-order valence-electron chi connectivity index (χ3n) is 3.06. The average Bonchev–Trinajstić information content (AvgIpc) is 2.95. The summed E-state index contributed by atoms with van der Waals surface area (Å²) in [4.78, 5) is 4.14. The standard InChI is InChI=1S/C14H19N3O3/c1-9(15)11-7-16-8-17(11)10-5-12(18-2)14(20-4)13(6-10)19-3/h5-9H,15H2,1-4H3/t9-/m0/s1. The normalized spacial score (nSPS) is 12.1. The predicted octanol–water partition coefficient (Wildman–Crippen LogP) is 1.92. The first-order chi connectivity index (χ1) is 9.62. The van der Waals surface area contributed by atoms with Crippen molar-refractivity contribution in [3.63, 3.8) is 0 Å². The van der Waals surface area contributed by atoms with Crippen LogP contribution in [-0.2, 0) is 0 Å². The second-order valence-electron chi connectivity index (χ2n) is 4.36. The Labute approximate surface area is 118 Å². The molecule has 0 bridgehead atoms. The molecule has 0 radical (unpaired) electrons. The molecular formula is C14H19N3O3. The van der Waals surface area contributed by atoms with Gasteiger partial charge >= 0.3 is 0 Å². The van der Waals surface area contributed by atoms with Gasteiger partial charge in [-0.05, 0) is 6.92 Å². The zero-order valence-corrected chi connectivity index (χ0v) is 12.1. The van der Waals surface area contributed by atoms with Crippen molar-refractivity contribution in [1.82, 2.24) is 9.55 Å². The molecule has 1 aromatic heterocycles. The molecule has 2 rings (SSSR count). The lowest BCUT2D eigenvalue weighted by Crippen LogP contribution is -2.11. The van der Waals surface area contributed by atoms with Gasteiger partial charge in [0.2, 0.25) is 5.75 Å². The lowest BCUT2D eigenvalue weighted by Gasteiger charge is -2.16. The molecule has 108 valence electrons. The molecule has 0 fully saturated rings. The fraction of sp³-hybridized carbons (Fsp3) is 0.357. The molecule has 6 heteroatoms. The second kappa shape index (κ2) is 5.83. The van der Waals surface area contributed by atoms with Gasteiger partial charge in [-0.25, -0.2) is 4.98 Å². The Balaban J connectivity index is 2.60. The lowest BCUT2D eigenvalue weighted by atomic mass is 10.2. The van der Waals surface area contributed by atoms with Crippen LogP contribution in [0.25, 0.3) is 5.69 Å². The van der Waals surface area contributed by atoms with E-state index in [0.717, 1.165) is 11.4 Å². The Morgan fingerprint density at radius 1 is 1.10 bits per heavy atom. The van der Waals surface area contributed by atoms with Gasteiger partial charge in [0.25, 0.3) is 0 Å². The zero-order chi connectivity index (χ0) is 14.7. The average molecular weight is 277 g/mol. The van der Waals surface area contributed by atoms with Gasteiger partial charge in [-0.2, -0.15) is 0 Å². The van der Waals surface area contributed by atoms with Gasteiger partial charge < -0.3 is 24.5 Å². The summed E-state index contributed by atoms with van der Waals surface area (Å²) >= 11 is 0. The Morgan fingerprint density at radius 3 is 2.15 bits per heavy atom. The number of ether oxygens (including phenoxy) is 3. The van der Waals surface area contributed by atoms with Crippen molar-refractivity contribution in [2.75, 3.05) is 21.3 Å². The number of aromatic nitrogens is 2. The first kappa shape index (κ1) is 14.2. The number of nitrogens with two attached hydrogens (primary N) is 1. The van der Waals surface area contributed by atoms with Crippen LogP contribution in [0.4, 0.5) is 0 Å². The predicted molar refractivity (Wildman–Crippen MR) is 75.8 cm³/mol. The summed E-state index contributed by atoms with van der Waals surface area (Å²) in [5.74, 6) is 1.73. The number of benzene rings is 1. The van der Waals surface area contributed by atoms with E-state index in [9.17, 15) is 0 Å². The molecule has 0 aliphatic rings. The summed E-state index contributed by atoms with van der Waals surface area (Å²) in [5.41, 5.74) is 7.70. The maximum Gasteiger partial charge on any atom is 0.203 e. The SMILES string of the molecule is COc1cc(-n2cncc2[C@H](C)N)cc(OC)c1OC. The molecule has 0 aliphatic carbocycles. The van der Waals surface area contributed by atoms with E-state index in [1.54, 1.807) is 33.9 Å². The molecule has 0 unspecified atom stereocenters. The summed E-state index contributed by atoms with van der Waals surface area (Å²) in [6, 6.07) is 3.58. The highest BCUT2D eigenvalue weighted by Crippen LogP contribution is 2.39. The molecule has 1 atom stereocenters. The first-order valence-electron chi connectivity index (χ1n) is 6.20. The van der Waals surface area contributed by atoms with E-state index in [-0.39, 0.29) is 6.04 Å². The van der Waals surface area contributed by atoms with Crippen LogP contribution >= 0.6 is 0 Å². The molecule has 0 spiro atoms. The summed E-state index contributed by atoms with van der Waals surface area (Å²) in [6.45, 7) is 1.91. The summed E-state index contributed by atoms with van der Waals surface area (Å²) in [7, 11) is 4.74. The minimum Gasteiger partial charge on any atom is -0.493 e. The van der Waals surface area contributed by atoms with Crippen LogP contribution in [0.1, 0.15) is 18.7 Å². The smallest absolute Gasteiger partial charge is 0.203 e. The molecule has 6 nitrogen and oxygen atoms in total. The van der Waals surface area contributed by atoms with E-state index in [4.69, 9.17) is 19.9 Å². The van der Waals surface area contributed by atoms with E-state index in [2.05, 4.69) is 4.98 Å². The quantitative estimate of drug-likeness (QED) is 0.904. The van der Waals surface area contributed by atoms with Crippen molar-refractivity contribution >= 4 is 0 Å². The van der Waals surface area contributed by atoms with Crippen molar-refractivity contribution in [2.24, 2.45) is 5.73 Å². The van der Waals surface area contributed by atoms with Gasteiger partial charge in [-0.3, -0.25) is 0 Å². The van der Waals surface area contributed by atoms with E-state index < -0.39 is 0 Å². The number of nitrogens with zero attached hydrogens (tertiary/aromatic N) is 2. The van der Waals surface area contributed by atoms with E-state index in [1.807, 2.05) is 23.6 Å². The fourth-order valence-corrected chi connectivity index (χ4v) is 2.06. The third kappa shape index (κ3) is 2.42. The van der Waals surface area contributed by atoms with Crippen molar-refractivity contribution in [3.05, 3.63) is 30.4 Å². The molecule has 20 heavy (non-hydrogen) atoms.